The summed E-state index contributed by atoms with van der Waals surface area (Å²) < 4.78 is 5.32. The van der Waals surface area contributed by atoms with Gasteiger partial charge >= 0.3 is 0 Å². The molecule has 0 spiro atoms. The number of anilines is 2. The molecule has 0 aliphatic carbocycles. The van der Waals surface area contributed by atoms with E-state index in [4.69, 9.17) is 4.74 Å². The second-order valence-corrected chi connectivity index (χ2v) is 3.76. The number of nitrogens with one attached hydrogen (secondary N) is 1. The van der Waals surface area contributed by atoms with E-state index in [0.717, 1.165) is 45.1 Å². The largest absolute Gasteiger partial charge is 0.378 e. The smallest absolute Gasteiger partial charge is 0.224 e. The highest BCUT2D eigenvalue weighted by atomic mass is 16.5. The van der Waals surface area contributed by atoms with Gasteiger partial charge in [0.05, 0.1) is 13.2 Å². The predicted molar refractivity (Wildman–Crippen MR) is 63.8 cm³/mol. The maximum atomic E-state index is 5.32. The Kier molecular flexibility index (Phi) is 3.93. The van der Waals surface area contributed by atoms with Gasteiger partial charge in [0, 0.05) is 25.8 Å². The number of rotatable bonds is 4. The van der Waals surface area contributed by atoms with Crippen LogP contribution in [-0.4, -0.2) is 42.8 Å². The van der Waals surface area contributed by atoms with Crippen molar-refractivity contribution in [2.24, 2.45) is 0 Å². The Morgan fingerprint density at radius 3 is 3.00 bits per heavy atom. The number of ether oxygens (including phenoxy) is 1. The van der Waals surface area contributed by atoms with E-state index in [-0.39, 0.29) is 0 Å². The van der Waals surface area contributed by atoms with Crippen LogP contribution in [0.3, 0.4) is 0 Å². The van der Waals surface area contributed by atoms with Gasteiger partial charge in [-0.05, 0) is 12.5 Å². The van der Waals surface area contributed by atoms with Gasteiger partial charge in [0.2, 0.25) is 5.95 Å². The van der Waals surface area contributed by atoms with Gasteiger partial charge in [0.15, 0.2) is 0 Å². The molecule has 5 nitrogen and oxygen atoms in total. The van der Waals surface area contributed by atoms with E-state index in [9.17, 15) is 0 Å². The third kappa shape index (κ3) is 2.82. The average Bonchev–Trinajstić information content (AvgIpc) is 2.38. The fraction of sp³-hybridized carbons (Fsp3) is 0.636. The Hall–Kier alpha value is -1.36. The lowest BCUT2D eigenvalue weighted by Gasteiger charge is -2.27. The van der Waals surface area contributed by atoms with Crippen molar-refractivity contribution in [3.63, 3.8) is 0 Å². The Morgan fingerprint density at radius 2 is 2.25 bits per heavy atom. The SMILES string of the molecule is CCCNc1nccc(N2CCOCC2)n1. The first kappa shape index (κ1) is 11.1. The number of nitrogens with zero attached hydrogens (tertiary/aromatic N) is 3. The summed E-state index contributed by atoms with van der Waals surface area (Å²) in [5.41, 5.74) is 0. The van der Waals surface area contributed by atoms with Crippen molar-refractivity contribution in [2.45, 2.75) is 13.3 Å². The van der Waals surface area contributed by atoms with Crippen molar-refractivity contribution in [1.82, 2.24) is 9.97 Å². The molecule has 0 saturated carbocycles. The van der Waals surface area contributed by atoms with E-state index in [1.165, 1.54) is 0 Å². The van der Waals surface area contributed by atoms with Crippen LogP contribution in [0.25, 0.3) is 0 Å². The van der Waals surface area contributed by atoms with Crippen molar-refractivity contribution in [3.05, 3.63) is 12.3 Å². The van der Waals surface area contributed by atoms with Crippen LogP contribution < -0.4 is 10.2 Å². The van der Waals surface area contributed by atoms with Crippen molar-refractivity contribution in [2.75, 3.05) is 43.1 Å². The lowest BCUT2D eigenvalue weighted by atomic mass is 10.4. The molecular formula is C11H18N4O. The number of morpholine rings is 1. The van der Waals surface area contributed by atoms with Crippen LogP contribution in [0.2, 0.25) is 0 Å². The van der Waals surface area contributed by atoms with Gasteiger partial charge in [0.1, 0.15) is 5.82 Å². The maximum absolute atomic E-state index is 5.32. The normalized spacial score (nSPS) is 16.2. The van der Waals surface area contributed by atoms with Gasteiger partial charge in [-0.3, -0.25) is 0 Å². The third-order valence-corrected chi connectivity index (χ3v) is 2.51. The first-order valence-electron chi connectivity index (χ1n) is 5.80. The highest BCUT2D eigenvalue weighted by Gasteiger charge is 2.12. The number of hydrogen-bond donors (Lipinski definition) is 1. The summed E-state index contributed by atoms with van der Waals surface area (Å²) in [7, 11) is 0. The second kappa shape index (κ2) is 5.65. The van der Waals surface area contributed by atoms with Gasteiger partial charge in [-0.25, -0.2) is 4.98 Å². The molecule has 0 unspecified atom stereocenters. The highest BCUT2D eigenvalue weighted by Crippen LogP contribution is 2.13. The Balaban J connectivity index is 2.02. The fourth-order valence-corrected chi connectivity index (χ4v) is 1.64. The summed E-state index contributed by atoms with van der Waals surface area (Å²) in [5.74, 6) is 1.70. The number of hydrogen-bond acceptors (Lipinski definition) is 5. The van der Waals surface area contributed by atoms with Gasteiger partial charge in [-0.1, -0.05) is 6.92 Å². The molecule has 88 valence electrons. The Labute approximate surface area is 95.8 Å². The van der Waals surface area contributed by atoms with Crippen LogP contribution >= 0.6 is 0 Å². The van der Waals surface area contributed by atoms with Crippen molar-refractivity contribution < 1.29 is 4.74 Å². The molecule has 0 radical (unpaired) electrons. The van der Waals surface area contributed by atoms with Gasteiger partial charge in [0.25, 0.3) is 0 Å². The molecule has 0 atom stereocenters. The zero-order valence-corrected chi connectivity index (χ0v) is 9.65. The Bertz CT molecular complexity index is 326. The minimum Gasteiger partial charge on any atom is -0.378 e. The first-order chi connectivity index (χ1) is 7.90. The van der Waals surface area contributed by atoms with E-state index >= 15 is 0 Å². The molecule has 1 N–H and O–H groups in total. The molecule has 0 aromatic carbocycles. The summed E-state index contributed by atoms with van der Waals surface area (Å²) in [6.45, 7) is 6.41. The third-order valence-electron chi connectivity index (χ3n) is 2.51. The molecule has 1 saturated heterocycles. The lowest BCUT2D eigenvalue weighted by molar-refractivity contribution is 0.122. The fourth-order valence-electron chi connectivity index (χ4n) is 1.64. The highest BCUT2D eigenvalue weighted by molar-refractivity contribution is 5.42. The predicted octanol–water partition coefficient (Wildman–Crippen LogP) is 1.14. The summed E-state index contributed by atoms with van der Waals surface area (Å²) in [6, 6.07) is 1.95. The van der Waals surface area contributed by atoms with Gasteiger partial charge in [-0.2, -0.15) is 4.98 Å². The summed E-state index contributed by atoms with van der Waals surface area (Å²) in [4.78, 5) is 10.9. The number of aromatic nitrogens is 2. The molecule has 0 bridgehead atoms. The van der Waals surface area contributed by atoms with Gasteiger partial charge in [-0.15, -0.1) is 0 Å². The van der Waals surface area contributed by atoms with Crippen LogP contribution in [0.15, 0.2) is 12.3 Å². The molecule has 1 fully saturated rings. The molecular weight excluding hydrogens is 204 g/mol. The summed E-state index contributed by atoms with van der Waals surface area (Å²) in [5, 5.41) is 3.19. The van der Waals surface area contributed by atoms with Crippen molar-refractivity contribution >= 4 is 11.8 Å². The maximum Gasteiger partial charge on any atom is 0.224 e. The zero-order valence-electron chi connectivity index (χ0n) is 9.65. The van der Waals surface area contributed by atoms with Crippen LogP contribution in [0.5, 0.6) is 0 Å². The van der Waals surface area contributed by atoms with Crippen LogP contribution in [0, 0.1) is 0 Å². The van der Waals surface area contributed by atoms with Crippen LogP contribution in [0.1, 0.15) is 13.3 Å². The van der Waals surface area contributed by atoms with Crippen LogP contribution in [-0.2, 0) is 4.74 Å². The lowest BCUT2D eigenvalue weighted by Crippen LogP contribution is -2.36. The van der Waals surface area contributed by atoms with E-state index in [1.807, 2.05) is 6.07 Å². The zero-order chi connectivity index (χ0) is 11.2. The van der Waals surface area contributed by atoms with Crippen molar-refractivity contribution in [1.29, 1.82) is 0 Å². The van der Waals surface area contributed by atoms with E-state index in [2.05, 4.69) is 27.1 Å². The molecule has 1 aliphatic rings. The standard InChI is InChI=1S/C11H18N4O/c1-2-4-12-11-13-5-3-10(14-11)15-6-8-16-9-7-15/h3,5H,2,4,6-9H2,1H3,(H,12,13,14). The minimum atomic E-state index is 0.714. The van der Waals surface area contributed by atoms with E-state index in [1.54, 1.807) is 6.20 Å². The first-order valence-corrected chi connectivity index (χ1v) is 5.80. The molecule has 1 aliphatic heterocycles. The molecule has 5 heteroatoms. The van der Waals surface area contributed by atoms with E-state index in [0.29, 0.717) is 5.95 Å². The average molecular weight is 222 g/mol. The minimum absolute atomic E-state index is 0.714. The summed E-state index contributed by atoms with van der Waals surface area (Å²) >= 11 is 0. The molecule has 16 heavy (non-hydrogen) atoms. The molecule has 2 heterocycles. The summed E-state index contributed by atoms with van der Waals surface area (Å²) in [6.07, 6.45) is 2.88. The molecule has 1 aromatic rings. The van der Waals surface area contributed by atoms with E-state index < -0.39 is 0 Å². The van der Waals surface area contributed by atoms with Crippen LogP contribution in [0.4, 0.5) is 11.8 Å². The Morgan fingerprint density at radius 1 is 1.44 bits per heavy atom. The quantitative estimate of drug-likeness (QED) is 0.827. The van der Waals surface area contributed by atoms with Crippen molar-refractivity contribution in [3.8, 4) is 0 Å². The second-order valence-electron chi connectivity index (χ2n) is 3.76. The van der Waals surface area contributed by atoms with Gasteiger partial charge < -0.3 is 15.0 Å². The molecule has 0 amide bonds. The molecule has 2 rings (SSSR count). The monoisotopic (exact) mass is 222 g/mol. The topological polar surface area (TPSA) is 50.3 Å². The molecule has 1 aromatic heterocycles.